The minimum atomic E-state index is -3.87. The van der Waals surface area contributed by atoms with Crippen LogP contribution in [0.4, 0.5) is 5.82 Å². The number of amides is 1. The average Bonchev–Trinajstić information content (AvgIpc) is 2.56. The number of hydrogen-bond donors (Lipinski definition) is 3. The monoisotopic (exact) mass is 289 g/mol. The molecule has 1 atom stereocenters. The summed E-state index contributed by atoms with van der Waals surface area (Å²) in [5, 5.41) is 6.37. The molecule has 1 heterocycles. The number of nitrogens with two attached hydrogens (primary N) is 1. The van der Waals surface area contributed by atoms with Crippen molar-refractivity contribution in [1.29, 1.82) is 0 Å². The predicted octanol–water partition coefficient (Wildman–Crippen LogP) is -0.806. The van der Waals surface area contributed by atoms with Crippen LogP contribution in [0.2, 0.25) is 0 Å². The van der Waals surface area contributed by atoms with E-state index in [2.05, 4.69) is 15.1 Å². The number of carbonyl (C=O) groups excluding carboxylic acids is 1. The lowest BCUT2D eigenvalue weighted by Gasteiger charge is -2.15. The van der Waals surface area contributed by atoms with Crippen LogP contribution in [-0.2, 0) is 21.9 Å². The molecule has 9 heteroatoms. The molecule has 0 radical (unpaired) electrons. The molecule has 0 saturated carbocycles. The van der Waals surface area contributed by atoms with Crippen molar-refractivity contribution in [2.24, 2.45) is 7.05 Å². The van der Waals surface area contributed by atoms with Crippen LogP contribution in [0.25, 0.3) is 0 Å². The zero-order valence-electron chi connectivity index (χ0n) is 11.3. The lowest BCUT2D eigenvalue weighted by atomic mass is 10.3. The van der Waals surface area contributed by atoms with Crippen LogP contribution >= 0.6 is 0 Å². The van der Waals surface area contributed by atoms with E-state index < -0.39 is 22.0 Å². The minimum Gasteiger partial charge on any atom is -0.381 e. The maximum Gasteiger partial charge on any atom is 0.246 e. The quantitative estimate of drug-likeness (QED) is 0.655. The van der Waals surface area contributed by atoms with Gasteiger partial charge in [0.25, 0.3) is 0 Å². The van der Waals surface area contributed by atoms with E-state index in [1.165, 1.54) is 17.8 Å². The predicted molar refractivity (Wildman–Crippen MR) is 70.7 cm³/mol. The Morgan fingerprint density at radius 3 is 2.42 bits per heavy atom. The number of hydrogen-bond acceptors (Lipinski definition) is 5. The van der Waals surface area contributed by atoms with Gasteiger partial charge in [-0.2, -0.15) is 9.82 Å². The van der Waals surface area contributed by atoms with Gasteiger partial charge in [-0.3, -0.25) is 9.48 Å². The van der Waals surface area contributed by atoms with Gasteiger partial charge < -0.3 is 11.1 Å². The largest absolute Gasteiger partial charge is 0.381 e. The van der Waals surface area contributed by atoms with Crippen LogP contribution in [0.1, 0.15) is 20.8 Å². The molecule has 0 aliphatic heterocycles. The molecule has 19 heavy (non-hydrogen) atoms. The van der Waals surface area contributed by atoms with Crippen LogP contribution in [0, 0.1) is 0 Å². The van der Waals surface area contributed by atoms with Crippen LogP contribution in [0.3, 0.4) is 0 Å². The lowest BCUT2D eigenvalue weighted by Crippen LogP contribution is -2.46. The fourth-order valence-electron chi connectivity index (χ4n) is 1.45. The number of rotatable bonds is 5. The Hall–Kier alpha value is -1.61. The molecule has 1 rings (SSSR count). The van der Waals surface area contributed by atoms with Gasteiger partial charge in [0, 0.05) is 19.3 Å². The minimum absolute atomic E-state index is 0.0667. The summed E-state index contributed by atoms with van der Waals surface area (Å²) in [5.74, 6) is -0.507. The van der Waals surface area contributed by atoms with Crippen molar-refractivity contribution in [2.45, 2.75) is 37.8 Å². The van der Waals surface area contributed by atoms with Crippen molar-refractivity contribution in [1.82, 2.24) is 19.8 Å². The van der Waals surface area contributed by atoms with Gasteiger partial charge in [-0.05, 0) is 20.8 Å². The standard InChI is InChI=1S/C10H19N5O3S/c1-6(2)12-10(16)7(3)14-19(17,18)8-5-15(4)13-9(8)11/h5-7,14H,1-4H3,(H2,11,13)(H,12,16). The Kier molecular flexibility index (Phi) is 4.53. The second kappa shape index (κ2) is 5.57. The van der Waals surface area contributed by atoms with Crippen molar-refractivity contribution >= 4 is 21.7 Å². The normalized spacial score (nSPS) is 13.5. The summed E-state index contributed by atoms with van der Waals surface area (Å²) >= 11 is 0. The Balaban J connectivity index is 2.86. The molecule has 1 aromatic rings. The Labute approximate surface area is 112 Å². The zero-order valence-corrected chi connectivity index (χ0v) is 12.2. The Morgan fingerprint density at radius 2 is 2.00 bits per heavy atom. The lowest BCUT2D eigenvalue weighted by molar-refractivity contribution is -0.122. The van der Waals surface area contributed by atoms with Crippen molar-refractivity contribution in [3.63, 3.8) is 0 Å². The van der Waals surface area contributed by atoms with Gasteiger partial charge in [0.05, 0.1) is 6.04 Å². The van der Waals surface area contributed by atoms with E-state index >= 15 is 0 Å². The van der Waals surface area contributed by atoms with Crippen LogP contribution in [0.5, 0.6) is 0 Å². The van der Waals surface area contributed by atoms with Gasteiger partial charge in [-0.25, -0.2) is 8.42 Å². The highest BCUT2D eigenvalue weighted by atomic mass is 32.2. The molecule has 0 spiro atoms. The fraction of sp³-hybridized carbons (Fsp3) is 0.600. The average molecular weight is 289 g/mol. The molecule has 0 aliphatic rings. The van der Waals surface area contributed by atoms with Crippen molar-refractivity contribution in [3.8, 4) is 0 Å². The summed E-state index contributed by atoms with van der Waals surface area (Å²) in [5.41, 5.74) is 5.51. The Bertz CT molecular complexity index is 564. The third-order valence-electron chi connectivity index (χ3n) is 2.27. The third kappa shape index (κ3) is 3.93. The van der Waals surface area contributed by atoms with E-state index in [-0.39, 0.29) is 16.8 Å². The van der Waals surface area contributed by atoms with Crippen molar-refractivity contribution < 1.29 is 13.2 Å². The summed E-state index contributed by atoms with van der Waals surface area (Å²) in [6.45, 7) is 5.04. The number of aromatic nitrogens is 2. The maximum atomic E-state index is 12.0. The molecule has 0 saturated heterocycles. The number of nitrogen functional groups attached to an aromatic ring is 1. The molecule has 0 bridgehead atoms. The summed E-state index contributed by atoms with van der Waals surface area (Å²) in [7, 11) is -2.31. The van der Waals surface area contributed by atoms with Gasteiger partial charge in [0.1, 0.15) is 4.90 Å². The fourth-order valence-corrected chi connectivity index (χ4v) is 2.76. The van der Waals surface area contributed by atoms with Crippen LogP contribution in [0.15, 0.2) is 11.1 Å². The van der Waals surface area contributed by atoms with E-state index in [0.29, 0.717) is 0 Å². The molecular formula is C10H19N5O3S. The van der Waals surface area contributed by atoms with Crippen molar-refractivity contribution in [2.75, 3.05) is 5.73 Å². The molecule has 0 fully saturated rings. The summed E-state index contributed by atoms with van der Waals surface area (Å²) in [6, 6.07) is -0.963. The zero-order chi connectivity index (χ0) is 14.8. The van der Waals surface area contributed by atoms with Gasteiger partial charge in [0.15, 0.2) is 5.82 Å². The topological polar surface area (TPSA) is 119 Å². The Morgan fingerprint density at radius 1 is 1.42 bits per heavy atom. The van der Waals surface area contributed by atoms with Gasteiger partial charge >= 0.3 is 0 Å². The number of anilines is 1. The number of aryl methyl sites for hydroxylation is 1. The first-order valence-electron chi connectivity index (χ1n) is 5.75. The van der Waals surface area contributed by atoms with E-state index in [0.717, 1.165) is 0 Å². The molecule has 108 valence electrons. The molecule has 0 aromatic carbocycles. The molecule has 1 aromatic heterocycles. The number of carbonyl (C=O) groups is 1. The number of sulfonamides is 1. The molecule has 1 unspecified atom stereocenters. The second-order valence-corrected chi connectivity index (χ2v) is 6.24. The first-order valence-corrected chi connectivity index (χ1v) is 7.23. The summed E-state index contributed by atoms with van der Waals surface area (Å²) in [6.07, 6.45) is 1.28. The number of nitrogens with zero attached hydrogens (tertiary/aromatic N) is 2. The van der Waals surface area contributed by atoms with Gasteiger partial charge in [0.2, 0.25) is 15.9 Å². The van der Waals surface area contributed by atoms with Crippen molar-refractivity contribution in [3.05, 3.63) is 6.20 Å². The van der Waals surface area contributed by atoms with E-state index in [1.54, 1.807) is 20.9 Å². The summed E-state index contributed by atoms with van der Waals surface area (Å²) < 4.78 is 27.6. The first-order chi connectivity index (χ1) is 8.63. The molecular weight excluding hydrogens is 270 g/mol. The first kappa shape index (κ1) is 15.4. The van der Waals surface area contributed by atoms with Crippen LogP contribution in [-0.4, -0.2) is 36.2 Å². The molecule has 0 aliphatic carbocycles. The van der Waals surface area contributed by atoms with E-state index in [4.69, 9.17) is 5.73 Å². The second-order valence-electron chi connectivity index (χ2n) is 4.56. The van der Waals surface area contributed by atoms with E-state index in [1.807, 2.05) is 0 Å². The SMILES string of the molecule is CC(C)NC(=O)C(C)NS(=O)(=O)c1cn(C)nc1N. The van der Waals surface area contributed by atoms with Crippen LogP contribution < -0.4 is 15.8 Å². The third-order valence-corrected chi connectivity index (χ3v) is 3.83. The van der Waals surface area contributed by atoms with E-state index in [9.17, 15) is 13.2 Å². The summed E-state index contributed by atoms with van der Waals surface area (Å²) in [4.78, 5) is 11.5. The molecule has 8 nitrogen and oxygen atoms in total. The smallest absolute Gasteiger partial charge is 0.246 e. The molecule has 4 N–H and O–H groups in total. The van der Waals surface area contributed by atoms with Gasteiger partial charge in [-0.15, -0.1) is 0 Å². The highest BCUT2D eigenvalue weighted by Gasteiger charge is 2.25. The van der Waals surface area contributed by atoms with Gasteiger partial charge in [-0.1, -0.05) is 0 Å². The molecule has 1 amide bonds. The maximum absolute atomic E-state index is 12.0. The highest BCUT2D eigenvalue weighted by Crippen LogP contribution is 2.15. The highest BCUT2D eigenvalue weighted by molar-refractivity contribution is 7.89. The number of nitrogens with one attached hydrogen (secondary N) is 2.